The Balaban J connectivity index is 2.22. The molecule has 0 saturated carbocycles. The predicted molar refractivity (Wildman–Crippen MR) is 89.2 cm³/mol. The Labute approximate surface area is 135 Å². The molecule has 0 aliphatic carbocycles. The van der Waals surface area contributed by atoms with Crippen LogP contribution in [0.25, 0.3) is 22.4 Å². The van der Waals surface area contributed by atoms with E-state index in [1.54, 1.807) is 0 Å². The molecule has 0 spiro atoms. The third-order valence-electron chi connectivity index (χ3n) is 3.37. The second kappa shape index (κ2) is 5.54. The van der Waals surface area contributed by atoms with Gasteiger partial charge in [-0.05, 0) is 36.2 Å². The van der Waals surface area contributed by atoms with Crippen molar-refractivity contribution in [2.45, 2.75) is 6.92 Å². The lowest BCUT2D eigenvalue weighted by Crippen LogP contribution is -1.90. The number of nitrogens with two attached hydrogens (primary N) is 1. The first-order valence-electron chi connectivity index (χ1n) is 6.34. The number of halogens is 2. The van der Waals surface area contributed by atoms with Gasteiger partial charge < -0.3 is 10.3 Å². The largest absolute Gasteiger partial charge is 0.367 e. The Morgan fingerprint density at radius 2 is 1.86 bits per heavy atom. The lowest BCUT2D eigenvalue weighted by molar-refractivity contribution is 0.439. The average Bonchev–Trinajstić information content (AvgIpc) is 2.85. The van der Waals surface area contributed by atoms with E-state index in [2.05, 4.69) is 21.1 Å². The van der Waals surface area contributed by atoms with Crippen molar-refractivity contribution in [2.24, 2.45) is 0 Å². The van der Waals surface area contributed by atoms with Crippen LogP contribution in [0, 0.1) is 6.92 Å². The highest BCUT2D eigenvalue weighted by Crippen LogP contribution is 2.39. The third-order valence-corrected chi connectivity index (χ3v) is 4.31. The number of nitrogens with zero attached hydrogens (tertiary/aromatic N) is 1. The molecule has 3 nitrogen and oxygen atoms in total. The maximum absolute atomic E-state index is 6.19. The zero-order chi connectivity index (χ0) is 15.0. The van der Waals surface area contributed by atoms with Crippen molar-refractivity contribution < 1.29 is 4.52 Å². The highest BCUT2D eigenvalue weighted by Gasteiger charge is 2.19. The molecule has 106 valence electrons. The normalized spacial score (nSPS) is 10.8. The number of aromatic nitrogens is 1. The van der Waals surface area contributed by atoms with Crippen LogP contribution in [0.1, 0.15) is 5.56 Å². The molecule has 0 radical (unpaired) electrons. The molecule has 0 atom stereocenters. The molecule has 3 aromatic rings. The first-order valence-corrected chi connectivity index (χ1v) is 7.51. The predicted octanol–water partition coefficient (Wildman–Crippen LogP) is 5.32. The first-order chi connectivity index (χ1) is 10.1. The second-order valence-corrected chi connectivity index (χ2v) is 6.01. The second-order valence-electron chi connectivity index (χ2n) is 4.69. The van der Waals surface area contributed by atoms with E-state index < -0.39 is 0 Å². The van der Waals surface area contributed by atoms with Crippen molar-refractivity contribution in [3.8, 4) is 22.4 Å². The summed E-state index contributed by atoms with van der Waals surface area (Å²) in [7, 11) is 0. The van der Waals surface area contributed by atoms with Crippen molar-refractivity contribution >= 4 is 33.4 Å². The van der Waals surface area contributed by atoms with E-state index >= 15 is 0 Å². The van der Waals surface area contributed by atoms with Gasteiger partial charge in [0.1, 0.15) is 5.69 Å². The minimum atomic E-state index is 0.298. The van der Waals surface area contributed by atoms with E-state index in [1.165, 1.54) is 0 Å². The summed E-state index contributed by atoms with van der Waals surface area (Å²) in [6.07, 6.45) is 0. The topological polar surface area (TPSA) is 52.0 Å². The maximum atomic E-state index is 6.19. The third kappa shape index (κ3) is 2.57. The Hall–Kier alpha value is -1.78. The number of rotatable bonds is 2. The van der Waals surface area contributed by atoms with Gasteiger partial charge in [-0.2, -0.15) is 0 Å². The summed E-state index contributed by atoms with van der Waals surface area (Å²) in [6.45, 7) is 1.95. The fraction of sp³-hybridized carbons (Fsp3) is 0.0625. The molecule has 0 bridgehead atoms. The van der Waals surface area contributed by atoms with E-state index in [0.717, 1.165) is 26.7 Å². The number of nitrogen functional groups attached to an aromatic ring is 1. The van der Waals surface area contributed by atoms with Crippen LogP contribution in [0.15, 0.2) is 51.5 Å². The molecule has 2 aromatic carbocycles. The molecule has 1 heterocycles. The Morgan fingerprint density at radius 3 is 2.57 bits per heavy atom. The summed E-state index contributed by atoms with van der Waals surface area (Å²) >= 11 is 9.62. The van der Waals surface area contributed by atoms with Crippen molar-refractivity contribution in [1.29, 1.82) is 0 Å². The van der Waals surface area contributed by atoms with Crippen LogP contribution < -0.4 is 5.73 Å². The highest BCUT2D eigenvalue weighted by atomic mass is 79.9. The van der Waals surface area contributed by atoms with Crippen LogP contribution in [-0.4, -0.2) is 5.16 Å². The molecular weight excluding hydrogens is 352 g/mol. The Kier molecular flexibility index (Phi) is 3.74. The van der Waals surface area contributed by atoms with Crippen molar-refractivity contribution in [2.75, 3.05) is 5.73 Å². The SMILES string of the molecule is Cc1c(Cl)cccc1-c1noc(N)c1-c1ccc(Br)cc1. The molecule has 0 amide bonds. The summed E-state index contributed by atoms with van der Waals surface area (Å²) in [4.78, 5) is 0. The molecule has 0 unspecified atom stereocenters. The Morgan fingerprint density at radius 1 is 1.14 bits per heavy atom. The van der Waals surface area contributed by atoms with E-state index in [4.69, 9.17) is 21.9 Å². The quantitative estimate of drug-likeness (QED) is 0.671. The summed E-state index contributed by atoms with van der Waals surface area (Å²) in [5.41, 5.74) is 10.3. The van der Waals surface area contributed by atoms with Crippen molar-refractivity contribution in [3.05, 3.63) is 57.5 Å². The monoisotopic (exact) mass is 362 g/mol. The van der Waals surface area contributed by atoms with Crippen molar-refractivity contribution in [1.82, 2.24) is 5.16 Å². The van der Waals surface area contributed by atoms with Gasteiger partial charge in [0.05, 0.1) is 5.56 Å². The van der Waals surface area contributed by atoms with Crippen LogP contribution >= 0.6 is 27.5 Å². The summed E-state index contributed by atoms with van der Waals surface area (Å²) < 4.78 is 6.20. The van der Waals surface area contributed by atoms with E-state index in [1.807, 2.05) is 49.4 Å². The molecule has 21 heavy (non-hydrogen) atoms. The molecule has 0 aliphatic rings. The average molecular weight is 364 g/mol. The van der Waals surface area contributed by atoms with E-state index in [0.29, 0.717) is 16.6 Å². The fourth-order valence-corrected chi connectivity index (χ4v) is 2.69. The zero-order valence-electron chi connectivity index (χ0n) is 11.2. The number of anilines is 1. The molecule has 0 saturated heterocycles. The molecule has 5 heteroatoms. The van der Waals surface area contributed by atoms with Gasteiger partial charge in [-0.15, -0.1) is 0 Å². The molecule has 3 rings (SSSR count). The van der Waals surface area contributed by atoms with Gasteiger partial charge in [0.15, 0.2) is 0 Å². The van der Waals surface area contributed by atoms with Gasteiger partial charge in [0.2, 0.25) is 5.88 Å². The molecule has 0 fully saturated rings. The van der Waals surface area contributed by atoms with Crippen LogP contribution in [0.5, 0.6) is 0 Å². The van der Waals surface area contributed by atoms with Gasteiger partial charge in [-0.25, -0.2) is 0 Å². The summed E-state index contributed by atoms with van der Waals surface area (Å²) in [6, 6.07) is 13.5. The van der Waals surface area contributed by atoms with Gasteiger partial charge in [0, 0.05) is 15.1 Å². The standard InChI is InChI=1S/C16H12BrClN2O/c1-9-12(3-2-4-13(9)18)15-14(16(19)21-20-15)10-5-7-11(17)8-6-10/h2-8H,19H2,1H3. The van der Waals surface area contributed by atoms with Gasteiger partial charge in [-0.3, -0.25) is 0 Å². The van der Waals surface area contributed by atoms with Crippen LogP contribution in [0.4, 0.5) is 5.88 Å². The number of hydrogen-bond donors (Lipinski definition) is 1. The fourth-order valence-electron chi connectivity index (χ4n) is 2.25. The van der Waals surface area contributed by atoms with Gasteiger partial charge in [-0.1, -0.05) is 57.0 Å². The van der Waals surface area contributed by atoms with E-state index in [-0.39, 0.29) is 0 Å². The Bertz CT molecular complexity index is 797. The highest BCUT2D eigenvalue weighted by molar-refractivity contribution is 9.10. The minimum absolute atomic E-state index is 0.298. The molecular formula is C16H12BrClN2O. The summed E-state index contributed by atoms with van der Waals surface area (Å²) in [5.74, 6) is 0.298. The van der Waals surface area contributed by atoms with Gasteiger partial charge in [0.25, 0.3) is 0 Å². The molecule has 2 N–H and O–H groups in total. The summed E-state index contributed by atoms with van der Waals surface area (Å²) in [5, 5.41) is 4.81. The lowest BCUT2D eigenvalue weighted by atomic mass is 9.98. The van der Waals surface area contributed by atoms with Crippen molar-refractivity contribution in [3.63, 3.8) is 0 Å². The number of hydrogen-bond acceptors (Lipinski definition) is 3. The van der Waals surface area contributed by atoms with Gasteiger partial charge >= 0.3 is 0 Å². The number of benzene rings is 2. The molecule has 0 aliphatic heterocycles. The lowest BCUT2D eigenvalue weighted by Gasteiger charge is -2.07. The smallest absolute Gasteiger partial charge is 0.230 e. The van der Waals surface area contributed by atoms with E-state index in [9.17, 15) is 0 Å². The maximum Gasteiger partial charge on any atom is 0.230 e. The minimum Gasteiger partial charge on any atom is -0.367 e. The van der Waals surface area contributed by atoms with Crippen LogP contribution in [0.3, 0.4) is 0 Å². The first kappa shape index (κ1) is 14.2. The van der Waals surface area contributed by atoms with Crippen LogP contribution in [0.2, 0.25) is 5.02 Å². The van der Waals surface area contributed by atoms with Crippen LogP contribution in [-0.2, 0) is 0 Å². The zero-order valence-corrected chi connectivity index (χ0v) is 13.6. The molecule has 1 aromatic heterocycles.